The number of carbonyl (C=O) groups is 1. The van der Waals surface area contributed by atoms with Crippen molar-refractivity contribution in [3.05, 3.63) is 23.0 Å². The maximum absolute atomic E-state index is 12.8. The van der Waals surface area contributed by atoms with E-state index in [0.29, 0.717) is 17.5 Å². The average Bonchev–Trinajstić information content (AvgIpc) is 2.86. The fourth-order valence-corrected chi connectivity index (χ4v) is 3.81. The minimum Gasteiger partial charge on any atom is -0.352 e. The molecule has 0 aliphatic carbocycles. The second-order valence-corrected chi connectivity index (χ2v) is 7.53. The first-order valence-electron chi connectivity index (χ1n) is 9.20. The molecular formula is C19H29N5O. The highest BCUT2D eigenvalue weighted by Crippen LogP contribution is 2.22. The number of carbonyl (C=O) groups excluding carboxylic acids is 1. The van der Waals surface area contributed by atoms with Gasteiger partial charge in [-0.2, -0.15) is 5.10 Å². The van der Waals surface area contributed by atoms with Gasteiger partial charge in [0.2, 0.25) is 0 Å². The number of hydrogen-bond acceptors (Lipinski definition) is 4. The molecular weight excluding hydrogens is 314 g/mol. The van der Waals surface area contributed by atoms with Gasteiger partial charge >= 0.3 is 0 Å². The second-order valence-electron chi connectivity index (χ2n) is 7.53. The van der Waals surface area contributed by atoms with Gasteiger partial charge in [-0.25, -0.2) is 4.98 Å². The van der Waals surface area contributed by atoms with Gasteiger partial charge in [0.15, 0.2) is 5.65 Å². The van der Waals surface area contributed by atoms with Crippen LogP contribution in [0.4, 0.5) is 0 Å². The molecule has 1 fully saturated rings. The van der Waals surface area contributed by atoms with Crippen molar-refractivity contribution in [2.75, 3.05) is 19.6 Å². The molecule has 1 aliphatic rings. The van der Waals surface area contributed by atoms with Crippen LogP contribution in [0.15, 0.2) is 6.07 Å². The van der Waals surface area contributed by atoms with Crippen molar-refractivity contribution >= 4 is 16.9 Å². The predicted molar refractivity (Wildman–Crippen MR) is 99.7 cm³/mol. The molecule has 3 rings (SSSR count). The normalized spacial score (nSPS) is 18.9. The Balaban J connectivity index is 1.75. The van der Waals surface area contributed by atoms with E-state index in [9.17, 15) is 4.79 Å². The smallest absolute Gasteiger partial charge is 0.252 e. The lowest BCUT2D eigenvalue weighted by atomic mass is 9.96. The SMILES string of the molecule is Cc1cc(C(=O)NC[C@@H]2CCCN(C(C)C)C2)c2c(C)nn(C)c2n1. The van der Waals surface area contributed by atoms with E-state index in [1.54, 1.807) is 4.68 Å². The number of aromatic nitrogens is 3. The van der Waals surface area contributed by atoms with Crippen molar-refractivity contribution in [1.29, 1.82) is 0 Å². The maximum atomic E-state index is 12.8. The van der Waals surface area contributed by atoms with E-state index in [-0.39, 0.29) is 5.91 Å². The molecule has 1 aliphatic heterocycles. The number of rotatable bonds is 4. The van der Waals surface area contributed by atoms with Gasteiger partial charge in [0.25, 0.3) is 5.91 Å². The lowest BCUT2D eigenvalue weighted by molar-refractivity contribution is 0.0924. The number of nitrogens with zero attached hydrogens (tertiary/aromatic N) is 4. The molecule has 3 heterocycles. The van der Waals surface area contributed by atoms with Crippen LogP contribution in [-0.2, 0) is 7.05 Å². The first-order valence-corrected chi connectivity index (χ1v) is 9.20. The third-order valence-electron chi connectivity index (χ3n) is 5.17. The zero-order chi connectivity index (χ0) is 18.1. The first kappa shape index (κ1) is 17.9. The topological polar surface area (TPSA) is 63.1 Å². The highest BCUT2D eigenvalue weighted by Gasteiger charge is 2.23. The fourth-order valence-electron chi connectivity index (χ4n) is 3.81. The second kappa shape index (κ2) is 7.12. The summed E-state index contributed by atoms with van der Waals surface area (Å²) in [5.41, 5.74) is 3.14. The van der Waals surface area contributed by atoms with E-state index in [0.717, 1.165) is 35.5 Å². The van der Waals surface area contributed by atoms with Crippen LogP contribution in [0.25, 0.3) is 11.0 Å². The van der Waals surface area contributed by atoms with Crippen LogP contribution in [0.1, 0.15) is 48.4 Å². The minimum atomic E-state index is -0.0201. The van der Waals surface area contributed by atoms with Gasteiger partial charge < -0.3 is 10.2 Å². The molecule has 0 radical (unpaired) electrons. The Morgan fingerprint density at radius 2 is 2.16 bits per heavy atom. The zero-order valence-electron chi connectivity index (χ0n) is 16.0. The van der Waals surface area contributed by atoms with Gasteiger partial charge in [-0.15, -0.1) is 0 Å². The van der Waals surface area contributed by atoms with Crippen molar-refractivity contribution in [2.45, 2.75) is 46.6 Å². The largest absolute Gasteiger partial charge is 0.352 e. The van der Waals surface area contributed by atoms with E-state index >= 15 is 0 Å². The van der Waals surface area contributed by atoms with Gasteiger partial charge in [0, 0.05) is 31.9 Å². The van der Waals surface area contributed by atoms with E-state index in [1.807, 2.05) is 27.0 Å². The summed E-state index contributed by atoms with van der Waals surface area (Å²) in [6.45, 7) is 11.3. The molecule has 0 bridgehead atoms. The van der Waals surface area contributed by atoms with E-state index in [4.69, 9.17) is 0 Å². The summed E-state index contributed by atoms with van der Waals surface area (Å²) in [4.78, 5) is 19.9. The zero-order valence-corrected chi connectivity index (χ0v) is 16.0. The number of fused-ring (bicyclic) bond motifs is 1. The van der Waals surface area contributed by atoms with Crippen molar-refractivity contribution in [1.82, 2.24) is 25.0 Å². The van der Waals surface area contributed by atoms with Crippen LogP contribution in [-0.4, -0.2) is 51.2 Å². The summed E-state index contributed by atoms with van der Waals surface area (Å²) in [5.74, 6) is 0.502. The van der Waals surface area contributed by atoms with E-state index in [1.165, 1.54) is 19.4 Å². The molecule has 1 atom stereocenters. The molecule has 1 saturated heterocycles. The van der Waals surface area contributed by atoms with Crippen LogP contribution >= 0.6 is 0 Å². The molecule has 6 nitrogen and oxygen atoms in total. The van der Waals surface area contributed by atoms with E-state index in [2.05, 4.69) is 34.1 Å². The summed E-state index contributed by atoms with van der Waals surface area (Å²) >= 11 is 0. The Labute approximate surface area is 149 Å². The van der Waals surface area contributed by atoms with E-state index < -0.39 is 0 Å². The molecule has 0 unspecified atom stereocenters. The van der Waals surface area contributed by atoms with Gasteiger partial charge in [0.05, 0.1) is 16.6 Å². The summed E-state index contributed by atoms with van der Waals surface area (Å²) in [6.07, 6.45) is 2.39. The summed E-state index contributed by atoms with van der Waals surface area (Å²) in [6, 6.07) is 2.44. The van der Waals surface area contributed by atoms with Crippen LogP contribution in [0.2, 0.25) is 0 Å². The van der Waals surface area contributed by atoms with Crippen molar-refractivity contribution in [3.8, 4) is 0 Å². The van der Waals surface area contributed by atoms with Gasteiger partial charge in [0.1, 0.15) is 0 Å². The van der Waals surface area contributed by atoms with Gasteiger partial charge in [-0.05, 0) is 59.1 Å². The monoisotopic (exact) mass is 343 g/mol. The number of nitrogens with one attached hydrogen (secondary N) is 1. The summed E-state index contributed by atoms with van der Waals surface area (Å²) in [5, 5.41) is 8.43. The Bertz CT molecular complexity index is 780. The van der Waals surface area contributed by atoms with Crippen LogP contribution < -0.4 is 5.32 Å². The van der Waals surface area contributed by atoms with Crippen molar-refractivity contribution in [2.24, 2.45) is 13.0 Å². The van der Waals surface area contributed by atoms with Gasteiger partial charge in [-0.3, -0.25) is 9.48 Å². The van der Waals surface area contributed by atoms with Crippen LogP contribution in [0.5, 0.6) is 0 Å². The number of pyridine rings is 1. The number of amides is 1. The average molecular weight is 343 g/mol. The first-order chi connectivity index (χ1) is 11.9. The predicted octanol–water partition coefficient (Wildman–Crippen LogP) is 2.44. The number of aryl methyl sites for hydroxylation is 3. The Morgan fingerprint density at radius 1 is 1.40 bits per heavy atom. The van der Waals surface area contributed by atoms with Crippen LogP contribution in [0, 0.1) is 19.8 Å². The minimum absolute atomic E-state index is 0.0201. The molecule has 25 heavy (non-hydrogen) atoms. The quantitative estimate of drug-likeness (QED) is 0.926. The molecule has 2 aromatic heterocycles. The highest BCUT2D eigenvalue weighted by atomic mass is 16.1. The Kier molecular flexibility index (Phi) is 5.08. The standard InChI is InChI=1S/C19H29N5O/c1-12(2)24-8-6-7-15(11-24)10-20-19(25)16-9-13(3)21-18-17(16)14(4)22-23(18)5/h9,12,15H,6-8,10-11H2,1-5H3,(H,20,25)/t15-/m0/s1. The molecule has 1 amide bonds. The van der Waals surface area contributed by atoms with Crippen molar-refractivity contribution < 1.29 is 4.79 Å². The molecule has 2 aromatic rings. The molecule has 1 N–H and O–H groups in total. The number of hydrogen-bond donors (Lipinski definition) is 1. The molecule has 0 aromatic carbocycles. The maximum Gasteiger partial charge on any atom is 0.252 e. The lowest BCUT2D eigenvalue weighted by Gasteiger charge is -2.35. The Hall–Kier alpha value is -1.95. The summed E-state index contributed by atoms with van der Waals surface area (Å²) in [7, 11) is 1.87. The molecule has 136 valence electrons. The highest BCUT2D eigenvalue weighted by molar-refractivity contribution is 6.06. The number of likely N-dealkylation sites (tertiary alicyclic amines) is 1. The molecule has 6 heteroatoms. The third-order valence-corrected chi connectivity index (χ3v) is 5.17. The van der Waals surface area contributed by atoms with Gasteiger partial charge in [-0.1, -0.05) is 0 Å². The fraction of sp³-hybridized carbons (Fsp3) is 0.632. The lowest BCUT2D eigenvalue weighted by Crippen LogP contribution is -2.43. The molecule has 0 saturated carbocycles. The van der Waals surface area contributed by atoms with Crippen LogP contribution in [0.3, 0.4) is 0 Å². The molecule has 0 spiro atoms. The Morgan fingerprint density at radius 3 is 2.88 bits per heavy atom. The summed E-state index contributed by atoms with van der Waals surface area (Å²) < 4.78 is 1.75. The third kappa shape index (κ3) is 3.68. The van der Waals surface area contributed by atoms with Crippen molar-refractivity contribution in [3.63, 3.8) is 0 Å². The number of piperidine rings is 1.